The minimum Gasteiger partial charge on any atom is -0.405 e. The lowest BCUT2D eigenvalue weighted by Crippen LogP contribution is -2.22. The van der Waals surface area contributed by atoms with Crippen LogP contribution in [0.15, 0.2) is 6.20 Å². The van der Waals surface area contributed by atoms with Crippen molar-refractivity contribution < 1.29 is 36.2 Å². The van der Waals surface area contributed by atoms with Crippen molar-refractivity contribution in [3.63, 3.8) is 0 Å². The third-order valence-electron chi connectivity index (χ3n) is 1.73. The van der Waals surface area contributed by atoms with Gasteiger partial charge in [-0.15, -0.1) is 13.2 Å². The average molecular weight is 387 g/mol. The normalized spacial score (nSPS) is 12.7. The van der Waals surface area contributed by atoms with Crippen LogP contribution in [0.2, 0.25) is 0 Å². The van der Waals surface area contributed by atoms with Crippen molar-refractivity contribution in [2.45, 2.75) is 19.1 Å². The molecule has 0 atom stereocenters. The quantitative estimate of drug-likeness (QED) is 0.482. The Morgan fingerprint density at radius 1 is 1.22 bits per heavy atom. The van der Waals surface area contributed by atoms with Crippen molar-refractivity contribution in [1.29, 1.82) is 0 Å². The van der Waals surface area contributed by atoms with E-state index in [0.29, 0.717) is 6.20 Å². The molecule has 1 heterocycles. The summed E-state index contributed by atoms with van der Waals surface area (Å²) in [6, 6.07) is 0. The molecule has 0 bridgehead atoms. The summed E-state index contributed by atoms with van der Waals surface area (Å²) in [6.45, 7) is -1.06. The SMILES string of the molecule is OCc1cnc(I)c(C(F)(F)F)c1OC(F)(F)F. The summed E-state index contributed by atoms with van der Waals surface area (Å²) in [5.74, 6) is -1.48. The number of nitrogens with zero attached hydrogens (tertiary/aromatic N) is 1. The molecule has 0 aliphatic rings. The third-order valence-corrected chi connectivity index (χ3v) is 2.55. The predicted molar refractivity (Wildman–Crippen MR) is 54.6 cm³/mol. The first-order valence-electron chi connectivity index (χ1n) is 4.17. The molecular formula is C8H4F6INO2. The van der Waals surface area contributed by atoms with Gasteiger partial charge < -0.3 is 9.84 Å². The second kappa shape index (κ2) is 5.07. The van der Waals surface area contributed by atoms with Gasteiger partial charge in [-0.2, -0.15) is 13.2 Å². The molecule has 18 heavy (non-hydrogen) atoms. The molecule has 0 spiro atoms. The van der Waals surface area contributed by atoms with E-state index < -0.39 is 39.7 Å². The molecule has 0 radical (unpaired) electrons. The van der Waals surface area contributed by atoms with Crippen LogP contribution in [-0.2, 0) is 12.8 Å². The zero-order chi connectivity index (χ0) is 14.1. The van der Waals surface area contributed by atoms with E-state index in [1.165, 1.54) is 0 Å². The highest BCUT2D eigenvalue weighted by Crippen LogP contribution is 2.42. The first kappa shape index (κ1) is 15.3. The monoisotopic (exact) mass is 387 g/mol. The second-order valence-corrected chi connectivity index (χ2v) is 4.00. The summed E-state index contributed by atoms with van der Waals surface area (Å²) >= 11 is 1.14. The summed E-state index contributed by atoms with van der Waals surface area (Å²) in [6.07, 6.45) is -9.68. The van der Waals surface area contributed by atoms with Crippen LogP contribution in [0.3, 0.4) is 0 Å². The standard InChI is InChI=1S/C8H4F6INO2/c9-7(10,11)4-5(18-8(12,13)14)3(2-17)1-16-6(4)15/h1,17H,2H2. The zero-order valence-corrected chi connectivity index (χ0v) is 10.4. The minimum absolute atomic E-state index is 0.693. The van der Waals surface area contributed by atoms with Gasteiger partial charge in [0.25, 0.3) is 0 Å². The first-order chi connectivity index (χ1) is 8.06. The Kier molecular flexibility index (Phi) is 4.30. The topological polar surface area (TPSA) is 42.4 Å². The number of aliphatic hydroxyl groups is 1. The minimum atomic E-state index is -5.30. The molecule has 0 aliphatic carbocycles. The summed E-state index contributed by atoms with van der Waals surface area (Å²) < 4.78 is 76.7. The maximum Gasteiger partial charge on any atom is 0.573 e. The molecule has 1 aromatic heterocycles. The Morgan fingerprint density at radius 2 is 1.78 bits per heavy atom. The molecule has 1 aromatic rings. The lowest BCUT2D eigenvalue weighted by molar-refractivity contribution is -0.276. The molecule has 1 rings (SSSR count). The van der Waals surface area contributed by atoms with Gasteiger partial charge in [0.1, 0.15) is 9.26 Å². The van der Waals surface area contributed by atoms with E-state index >= 15 is 0 Å². The van der Waals surface area contributed by atoms with Gasteiger partial charge in [-0.1, -0.05) is 0 Å². The molecule has 0 fully saturated rings. The fourth-order valence-corrected chi connectivity index (χ4v) is 1.79. The average Bonchev–Trinajstić information content (AvgIpc) is 2.13. The number of ether oxygens (including phenoxy) is 1. The van der Waals surface area contributed by atoms with Gasteiger partial charge >= 0.3 is 12.5 Å². The zero-order valence-electron chi connectivity index (χ0n) is 8.23. The van der Waals surface area contributed by atoms with Crippen LogP contribution in [0.5, 0.6) is 5.75 Å². The highest BCUT2D eigenvalue weighted by atomic mass is 127. The van der Waals surface area contributed by atoms with Gasteiger partial charge in [-0.05, 0) is 22.6 Å². The smallest absolute Gasteiger partial charge is 0.405 e. The summed E-state index contributed by atoms with van der Waals surface area (Å²) in [4.78, 5) is 3.27. The van der Waals surface area contributed by atoms with Crippen molar-refractivity contribution in [3.8, 4) is 5.75 Å². The van der Waals surface area contributed by atoms with E-state index in [1.807, 2.05) is 0 Å². The first-order valence-corrected chi connectivity index (χ1v) is 5.25. The summed E-state index contributed by atoms with van der Waals surface area (Å²) in [7, 11) is 0. The summed E-state index contributed by atoms with van der Waals surface area (Å²) in [5.41, 5.74) is -2.35. The maximum atomic E-state index is 12.6. The van der Waals surface area contributed by atoms with Crippen LogP contribution < -0.4 is 4.74 Å². The number of halogens is 7. The Bertz CT molecular complexity index is 444. The largest absolute Gasteiger partial charge is 0.573 e. The fraction of sp³-hybridized carbons (Fsp3) is 0.375. The number of hydrogen-bond acceptors (Lipinski definition) is 3. The number of aromatic nitrogens is 1. The van der Waals surface area contributed by atoms with E-state index in [1.54, 1.807) is 0 Å². The molecule has 10 heteroatoms. The number of aliphatic hydroxyl groups excluding tert-OH is 1. The highest BCUT2D eigenvalue weighted by Gasteiger charge is 2.42. The highest BCUT2D eigenvalue weighted by molar-refractivity contribution is 14.1. The van der Waals surface area contributed by atoms with Gasteiger partial charge in [0.15, 0.2) is 5.75 Å². The molecule has 0 aromatic carbocycles. The molecule has 0 saturated carbocycles. The third kappa shape index (κ3) is 3.60. The van der Waals surface area contributed by atoms with E-state index in [9.17, 15) is 26.3 Å². The van der Waals surface area contributed by atoms with E-state index in [-0.39, 0.29) is 0 Å². The molecule has 1 N–H and O–H groups in total. The maximum absolute atomic E-state index is 12.6. The number of pyridine rings is 1. The Balaban J connectivity index is 3.47. The molecule has 0 unspecified atom stereocenters. The Hall–Kier alpha value is -0.780. The predicted octanol–water partition coefficient (Wildman–Crippen LogP) is 3.10. The number of rotatable bonds is 2. The lowest BCUT2D eigenvalue weighted by atomic mass is 10.1. The molecule has 0 amide bonds. The molecular weight excluding hydrogens is 383 g/mol. The van der Waals surface area contributed by atoms with Gasteiger partial charge in [0.2, 0.25) is 0 Å². The number of hydrogen-bond donors (Lipinski definition) is 1. The molecule has 0 aliphatic heterocycles. The van der Waals surface area contributed by atoms with Crippen LogP contribution in [0, 0.1) is 3.70 Å². The van der Waals surface area contributed by atoms with Crippen LogP contribution in [0.4, 0.5) is 26.3 Å². The van der Waals surface area contributed by atoms with Crippen LogP contribution in [0.1, 0.15) is 11.1 Å². The van der Waals surface area contributed by atoms with Crippen molar-refractivity contribution >= 4 is 22.6 Å². The van der Waals surface area contributed by atoms with Crippen LogP contribution >= 0.6 is 22.6 Å². The fourth-order valence-electron chi connectivity index (χ4n) is 1.10. The van der Waals surface area contributed by atoms with Crippen molar-refractivity contribution in [1.82, 2.24) is 4.98 Å². The van der Waals surface area contributed by atoms with E-state index in [2.05, 4.69) is 9.72 Å². The van der Waals surface area contributed by atoms with E-state index in [4.69, 9.17) is 5.11 Å². The van der Waals surface area contributed by atoms with Crippen LogP contribution in [0.25, 0.3) is 0 Å². The number of alkyl halides is 6. The Labute approximate surface area is 110 Å². The molecule has 102 valence electrons. The van der Waals surface area contributed by atoms with Gasteiger partial charge in [-0.25, -0.2) is 4.98 Å². The van der Waals surface area contributed by atoms with Gasteiger partial charge in [-0.3, -0.25) is 0 Å². The van der Waals surface area contributed by atoms with E-state index in [0.717, 1.165) is 22.6 Å². The second-order valence-electron chi connectivity index (χ2n) is 2.98. The Morgan fingerprint density at radius 3 is 2.17 bits per heavy atom. The molecule has 0 saturated heterocycles. The van der Waals surface area contributed by atoms with Crippen LogP contribution in [-0.4, -0.2) is 16.5 Å². The summed E-state index contributed by atoms with van der Waals surface area (Å²) in [5, 5.41) is 8.74. The van der Waals surface area contributed by atoms with Crippen molar-refractivity contribution in [2.75, 3.05) is 0 Å². The van der Waals surface area contributed by atoms with Gasteiger partial charge in [0, 0.05) is 11.8 Å². The van der Waals surface area contributed by atoms with Gasteiger partial charge in [0.05, 0.1) is 6.61 Å². The van der Waals surface area contributed by atoms with Crippen molar-refractivity contribution in [2.24, 2.45) is 0 Å². The van der Waals surface area contributed by atoms with Crippen molar-refractivity contribution in [3.05, 3.63) is 21.0 Å². The lowest BCUT2D eigenvalue weighted by Gasteiger charge is -2.18. The molecule has 3 nitrogen and oxygen atoms in total.